The fourth-order valence-electron chi connectivity index (χ4n) is 2.80. The zero-order chi connectivity index (χ0) is 14.9. The van der Waals surface area contributed by atoms with Gasteiger partial charge in [0.1, 0.15) is 11.5 Å². The zero-order valence-corrected chi connectivity index (χ0v) is 13.9. The minimum atomic E-state index is 0.126. The molecule has 0 spiro atoms. The molecule has 1 aromatic rings. The van der Waals surface area contributed by atoms with Crippen LogP contribution in [0, 0.1) is 18.8 Å². The van der Waals surface area contributed by atoms with E-state index in [-0.39, 0.29) is 5.54 Å². The Morgan fingerprint density at radius 3 is 2.40 bits per heavy atom. The molecule has 0 amide bonds. The summed E-state index contributed by atoms with van der Waals surface area (Å²) in [4.78, 5) is 2.55. The molecule has 2 atom stereocenters. The van der Waals surface area contributed by atoms with Crippen LogP contribution < -0.4 is 5.32 Å². The Morgan fingerprint density at radius 2 is 1.85 bits per heavy atom. The van der Waals surface area contributed by atoms with E-state index in [2.05, 4.69) is 57.8 Å². The number of aryl methyl sites for hydroxylation is 1. The number of furan rings is 1. The second kappa shape index (κ2) is 5.90. The Hall–Kier alpha value is -0.800. The van der Waals surface area contributed by atoms with Gasteiger partial charge in [-0.1, -0.05) is 13.8 Å². The van der Waals surface area contributed by atoms with Gasteiger partial charge in [0, 0.05) is 30.7 Å². The quantitative estimate of drug-likeness (QED) is 0.913. The van der Waals surface area contributed by atoms with E-state index < -0.39 is 0 Å². The summed E-state index contributed by atoms with van der Waals surface area (Å²) < 4.78 is 5.88. The van der Waals surface area contributed by atoms with Crippen molar-refractivity contribution in [1.82, 2.24) is 10.2 Å². The van der Waals surface area contributed by atoms with Crippen molar-refractivity contribution in [3.05, 3.63) is 23.2 Å². The summed E-state index contributed by atoms with van der Waals surface area (Å²) in [6.07, 6.45) is 0. The van der Waals surface area contributed by atoms with Crippen molar-refractivity contribution in [3.8, 4) is 0 Å². The maximum absolute atomic E-state index is 5.88. The average Bonchev–Trinajstić information content (AvgIpc) is 2.81. The monoisotopic (exact) mass is 278 g/mol. The predicted octanol–water partition coefficient (Wildman–Crippen LogP) is 3.56. The number of rotatable bonds is 4. The van der Waals surface area contributed by atoms with Crippen LogP contribution in [0.5, 0.6) is 0 Å². The summed E-state index contributed by atoms with van der Waals surface area (Å²) in [5.41, 5.74) is 1.47. The van der Waals surface area contributed by atoms with Crippen molar-refractivity contribution in [2.75, 3.05) is 13.1 Å². The van der Waals surface area contributed by atoms with E-state index in [9.17, 15) is 0 Å². The fraction of sp³-hybridized carbons (Fsp3) is 0.765. The molecule has 0 bridgehead atoms. The van der Waals surface area contributed by atoms with Gasteiger partial charge in [0.25, 0.3) is 0 Å². The third-order valence-electron chi connectivity index (χ3n) is 4.32. The van der Waals surface area contributed by atoms with Gasteiger partial charge in [0.2, 0.25) is 0 Å². The number of likely N-dealkylation sites (tertiary alicyclic amines) is 1. The van der Waals surface area contributed by atoms with Crippen molar-refractivity contribution in [2.24, 2.45) is 11.8 Å². The molecule has 3 heteroatoms. The van der Waals surface area contributed by atoms with Crippen molar-refractivity contribution < 1.29 is 4.42 Å². The third-order valence-corrected chi connectivity index (χ3v) is 4.32. The van der Waals surface area contributed by atoms with E-state index >= 15 is 0 Å². The number of nitrogens with zero attached hydrogens (tertiary/aromatic N) is 1. The summed E-state index contributed by atoms with van der Waals surface area (Å²) in [6.45, 7) is 17.6. The van der Waals surface area contributed by atoms with Gasteiger partial charge in [0.15, 0.2) is 0 Å². The molecule has 3 nitrogen and oxygen atoms in total. The van der Waals surface area contributed by atoms with Crippen molar-refractivity contribution in [2.45, 2.75) is 60.2 Å². The first kappa shape index (κ1) is 15.6. The van der Waals surface area contributed by atoms with Gasteiger partial charge in [0.05, 0.1) is 6.54 Å². The molecule has 1 saturated heterocycles. The lowest BCUT2D eigenvalue weighted by atomic mass is 10.0. The summed E-state index contributed by atoms with van der Waals surface area (Å²) in [5.74, 6) is 3.74. The van der Waals surface area contributed by atoms with Gasteiger partial charge >= 0.3 is 0 Å². The standard InChI is InChI=1S/C17H30N2O/c1-12-9-19(10-13(12)2)11-15-7-16(20-14(15)3)8-18-17(4,5)6/h7,12-13,18H,8-11H2,1-6H3. The van der Waals surface area contributed by atoms with E-state index in [0.29, 0.717) is 0 Å². The molecule has 2 heterocycles. The fourth-order valence-corrected chi connectivity index (χ4v) is 2.80. The Kier molecular flexibility index (Phi) is 4.60. The molecular weight excluding hydrogens is 248 g/mol. The lowest BCUT2D eigenvalue weighted by Gasteiger charge is -2.19. The van der Waals surface area contributed by atoms with Crippen LogP contribution in [0.1, 0.15) is 51.7 Å². The molecule has 0 saturated carbocycles. The number of hydrogen-bond acceptors (Lipinski definition) is 3. The molecular formula is C17H30N2O. The normalized spacial score (nSPS) is 24.5. The first-order chi connectivity index (χ1) is 9.24. The molecule has 1 aliphatic heterocycles. The average molecular weight is 278 g/mol. The lowest BCUT2D eigenvalue weighted by Crippen LogP contribution is -2.34. The van der Waals surface area contributed by atoms with Gasteiger partial charge in [-0.3, -0.25) is 4.90 Å². The minimum absolute atomic E-state index is 0.126. The highest BCUT2D eigenvalue weighted by Gasteiger charge is 2.26. The van der Waals surface area contributed by atoms with Crippen molar-refractivity contribution in [1.29, 1.82) is 0 Å². The van der Waals surface area contributed by atoms with E-state index in [1.54, 1.807) is 0 Å². The topological polar surface area (TPSA) is 28.4 Å². The molecule has 1 N–H and O–H groups in total. The van der Waals surface area contributed by atoms with Crippen LogP contribution in [0.4, 0.5) is 0 Å². The molecule has 0 aromatic carbocycles. The maximum Gasteiger partial charge on any atom is 0.118 e. The largest absolute Gasteiger partial charge is 0.465 e. The summed E-state index contributed by atoms with van der Waals surface area (Å²) in [6, 6.07) is 2.22. The van der Waals surface area contributed by atoms with Crippen LogP contribution in [0.2, 0.25) is 0 Å². The maximum atomic E-state index is 5.88. The van der Waals surface area contributed by atoms with Crippen LogP contribution >= 0.6 is 0 Å². The molecule has 1 aromatic heterocycles. The summed E-state index contributed by atoms with van der Waals surface area (Å²) in [5, 5.41) is 3.48. The van der Waals surface area contributed by atoms with E-state index in [1.807, 2.05) is 0 Å². The van der Waals surface area contributed by atoms with Crippen LogP contribution in [0.3, 0.4) is 0 Å². The van der Waals surface area contributed by atoms with Gasteiger partial charge < -0.3 is 9.73 Å². The number of hydrogen-bond donors (Lipinski definition) is 1. The van der Waals surface area contributed by atoms with E-state index in [0.717, 1.165) is 36.4 Å². The highest BCUT2D eigenvalue weighted by molar-refractivity contribution is 5.21. The van der Waals surface area contributed by atoms with Crippen LogP contribution in [-0.2, 0) is 13.1 Å². The lowest BCUT2D eigenvalue weighted by molar-refractivity contribution is 0.313. The molecule has 20 heavy (non-hydrogen) atoms. The van der Waals surface area contributed by atoms with Gasteiger partial charge in [-0.15, -0.1) is 0 Å². The van der Waals surface area contributed by atoms with Gasteiger partial charge in [-0.05, 0) is 45.6 Å². The summed E-state index contributed by atoms with van der Waals surface area (Å²) in [7, 11) is 0. The van der Waals surface area contributed by atoms with Crippen molar-refractivity contribution >= 4 is 0 Å². The summed E-state index contributed by atoms with van der Waals surface area (Å²) >= 11 is 0. The molecule has 0 aliphatic carbocycles. The SMILES string of the molecule is Cc1oc(CNC(C)(C)C)cc1CN1CC(C)C(C)C1. The Bertz CT molecular complexity index is 434. The second-order valence-electron chi connectivity index (χ2n) is 7.55. The van der Waals surface area contributed by atoms with Gasteiger partial charge in [-0.25, -0.2) is 0 Å². The third kappa shape index (κ3) is 4.10. The first-order valence-electron chi connectivity index (χ1n) is 7.80. The molecule has 1 fully saturated rings. The van der Waals surface area contributed by atoms with Crippen LogP contribution in [0.25, 0.3) is 0 Å². The predicted molar refractivity (Wildman–Crippen MR) is 83.6 cm³/mol. The minimum Gasteiger partial charge on any atom is -0.465 e. The Morgan fingerprint density at radius 1 is 1.25 bits per heavy atom. The molecule has 0 radical (unpaired) electrons. The molecule has 2 rings (SSSR count). The number of nitrogens with one attached hydrogen (secondary N) is 1. The Labute approximate surface area is 123 Å². The second-order valence-corrected chi connectivity index (χ2v) is 7.55. The molecule has 1 aliphatic rings. The van der Waals surface area contributed by atoms with E-state index in [4.69, 9.17) is 4.42 Å². The van der Waals surface area contributed by atoms with Crippen LogP contribution in [-0.4, -0.2) is 23.5 Å². The van der Waals surface area contributed by atoms with Gasteiger partial charge in [-0.2, -0.15) is 0 Å². The highest BCUT2D eigenvalue weighted by atomic mass is 16.3. The van der Waals surface area contributed by atoms with Crippen molar-refractivity contribution in [3.63, 3.8) is 0 Å². The smallest absolute Gasteiger partial charge is 0.118 e. The first-order valence-corrected chi connectivity index (χ1v) is 7.80. The molecule has 114 valence electrons. The zero-order valence-electron chi connectivity index (χ0n) is 13.9. The van der Waals surface area contributed by atoms with Crippen LogP contribution in [0.15, 0.2) is 10.5 Å². The van der Waals surface area contributed by atoms with E-state index in [1.165, 1.54) is 18.7 Å². The highest BCUT2D eigenvalue weighted by Crippen LogP contribution is 2.25. The Balaban J connectivity index is 1.94. The molecule has 2 unspecified atom stereocenters.